The van der Waals surface area contributed by atoms with Gasteiger partial charge in [-0.2, -0.15) is 0 Å². The maximum absolute atomic E-state index is 10.8. The minimum absolute atomic E-state index is 0.135. The minimum atomic E-state index is -0.588. The van der Waals surface area contributed by atoms with E-state index in [2.05, 4.69) is 0 Å². The number of hydrogen-bond donors (Lipinski definition) is 0. The van der Waals surface area contributed by atoms with Gasteiger partial charge in [0.15, 0.2) is 4.90 Å². The monoisotopic (exact) mass is 256 g/mol. The molecule has 0 saturated carbocycles. The Kier molecular flexibility index (Phi) is 4.45. The summed E-state index contributed by atoms with van der Waals surface area (Å²) in [6.07, 6.45) is 0. The van der Waals surface area contributed by atoms with Crippen molar-refractivity contribution in [3.8, 4) is 0 Å². The standard InChI is InChI=1S/C10H12N2O4S/c1-7(2)6-17-10-8(11(13)14)4-3-5-9(10)12(15)16/h3-5,7H,6H2,1-2H3. The molecule has 1 aromatic rings. The first-order chi connectivity index (χ1) is 7.93. The average Bonchev–Trinajstić information content (AvgIpc) is 2.25. The Balaban J connectivity index is 3.19. The number of nitrogens with zero attached hydrogens (tertiary/aromatic N) is 2. The Labute approximate surface area is 102 Å². The van der Waals surface area contributed by atoms with Gasteiger partial charge in [0, 0.05) is 17.9 Å². The molecule has 0 heterocycles. The molecule has 7 heteroatoms. The van der Waals surface area contributed by atoms with Crippen LogP contribution in [0.25, 0.3) is 0 Å². The van der Waals surface area contributed by atoms with Crippen molar-refractivity contribution in [3.05, 3.63) is 38.4 Å². The van der Waals surface area contributed by atoms with Crippen LogP contribution in [0.2, 0.25) is 0 Å². The normalized spacial score (nSPS) is 10.5. The Morgan fingerprint density at radius 3 is 2.00 bits per heavy atom. The van der Waals surface area contributed by atoms with Gasteiger partial charge in [-0.15, -0.1) is 11.8 Å². The summed E-state index contributed by atoms with van der Waals surface area (Å²) in [5.41, 5.74) is -0.408. The molecule has 0 N–H and O–H groups in total. The van der Waals surface area contributed by atoms with Crippen LogP contribution in [0.15, 0.2) is 23.1 Å². The lowest BCUT2D eigenvalue weighted by molar-refractivity contribution is -0.399. The number of nitro groups is 2. The summed E-state index contributed by atoms with van der Waals surface area (Å²) in [5, 5.41) is 21.6. The van der Waals surface area contributed by atoms with Gasteiger partial charge in [-0.1, -0.05) is 13.8 Å². The molecule has 17 heavy (non-hydrogen) atoms. The zero-order valence-corrected chi connectivity index (χ0v) is 10.3. The highest BCUT2D eigenvalue weighted by Gasteiger charge is 2.24. The molecule has 0 saturated heterocycles. The Morgan fingerprint density at radius 2 is 1.65 bits per heavy atom. The van der Waals surface area contributed by atoms with Crippen molar-refractivity contribution in [1.82, 2.24) is 0 Å². The highest BCUT2D eigenvalue weighted by molar-refractivity contribution is 7.99. The molecule has 0 spiro atoms. The van der Waals surface area contributed by atoms with Crippen molar-refractivity contribution in [2.24, 2.45) is 5.92 Å². The summed E-state index contributed by atoms with van der Waals surface area (Å²) in [6, 6.07) is 3.90. The largest absolute Gasteiger partial charge is 0.289 e. The first-order valence-corrected chi connectivity index (χ1v) is 5.96. The predicted octanol–water partition coefficient (Wildman–Crippen LogP) is 3.25. The fourth-order valence-corrected chi connectivity index (χ4v) is 2.28. The zero-order valence-electron chi connectivity index (χ0n) is 9.45. The molecular weight excluding hydrogens is 244 g/mol. The van der Waals surface area contributed by atoms with Gasteiger partial charge in [-0.05, 0) is 12.0 Å². The molecule has 1 rings (SSSR count). The highest BCUT2D eigenvalue weighted by atomic mass is 32.2. The van der Waals surface area contributed by atoms with Gasteiger partial charge in [0.25, 0.3) is 11.4 Å². The maximum Gasteiger partial charge on any atom is 0.289 e. The quantitative estimate of drug-likeness (QED) is 0.458. The van der Waals surface area contributed by atoms with E-state index in [4.69, 9.17) is 0 Å². The number of benzene rings is 1. The molecule has 0 amide bonds. The van der Waals surface area contributed by atoms with Crippen LogP contribution in [0.1, 0.15) is 13.8 Å². The fourth-order valence-electron chi connectivity index (χ4n) is 1.20. The smallest absolute Gasteiger partial charge is 0.258 e. The van der Waals surface area contributed by atoms with E-state index >= 15 is 0 Å². The number of rotatable bonds is 5. The highest BCUT2D eigenvalue weighted by Crippen LogP contribution is 2.37. The second-order valence-corrected chi connectivity index (χ2v) is 4.87. The van der Waals surface area contributed by atoms with Crippen LogP contribution < -0.4 is 0 Å². The maximum atomic E-state index is 10.8. The molecule has 0 bridgehead atoms. The molecule has 1 aromatic carbocycles. The molecule has 0 aliphatic rings. The predicted molar refractivity (Wildman–Crippen MR) is 65.3 cm³/mol. The number of hydrogen-bond acceptors (Lipinski definition) is 5. The van der Waals surface area contributed by atoms with Crippen molar-refractivity contribution in [1.29, 1.82) is 0 Å². The van der Waals surface area contributed by atoms with Gasteiger partial charge in [0.1, 0.15) is 0 Å². The van der Waals surface area contributed by atoms with Crippen LogP contribution in [0.3, 0.4) is 0 Å². The summed E-state index contributed by atoms with van der Waals surface area (Å²) >= 11 is 1.16. The Hall–Kier alpha value is -1.63. The van der Waals surface area contributed by atoms with Crippen LogP contribution in [0.5, 0.6) is 0 Å². The number of thioether (sulfide) groups is 1. The molecule has 0 fully saturated rings. The lowest BCUT2D eigenvalue weighted by Gasteiger charge is -2.05. The van der Waals surface area contributed by atoms with E-state index in [1.165, 1.54) is 18.2 Å². The minimum Gasteiger partial charge on any atom is -0.258 e. The molecule has 6 nitrogen and oxygen atoms in total. The van der Waals surface area contributed by atoms with Gasteiger partial charge in [0.2, 0.25) is 0 Å². The van der Waals surface area contributed by atoms with Gasteiger partial charge in [-0.3, -0.25) is 20.2 Å². The van der Waals surface area contributed by atoms with Crippen LogP contribution in [-0.2, 0) is 0 Å². The van der Waals surface area contributed by atoms with E-state index in [1.807, 2.05) is 13.8 Å². The first-order valence-electron chi connectivity index (χ1n) is 4.98. The second kappa shape index (κ2) is 5.62. The third kappa shape index (κ3) is 3.42. The zero-order chi connectivity index (χ0) is 13.0. The summed E-state index contributed by atoms with van der Waals surface area (Å²) in [7, 11) is 0. The molecule has 0 radical (unpaired) electrons. The van der Waals surface area contributed by atoms with Gasteiger partial charge >= 0.3 is 0 Å². The molecule has 0 atom stereocenters. The summed E-state index contributed by atoms with van der Waals surface area (Å²) in [6.45, 7) is 3.90. The third-order valence-corrected chi connectivity index (χ3v) is 3.47. The Bertz CT molecular complexity index is 416. The van der Waals surface area contributed by atoms with Gasteiger partial charge in [0.05, 0.1) is 9.85 Å². The van der Waals surface area contributed by atoms with Crippen molar-refractivity contribution < 1.29 is 9.85 Å². The molecular formula is C10H12N2O4S. The van der Waals surface area contributed by atoms with E-state index in [0.29, 0.717) is 11.7 Å². The van der Waals surface area contributed by atoms with Crippen molar-refractivity contribution in [2.45, 2.75) is 18.7 Å². The van der Waals surface area contributed by atoms with Crippen molar-refractivity contribution in [3.63, 3.8) is 0 Å². The lowest BCUT2D eigenvalue weighted by atomic mass is 10.3. The summed E-state index contributed by atoms with van der Waals surface area (Å²) < 4.78 is 0. The molecule has 0 aliphatic heterocycles. The van der Waals surface area contributed by atoms with Gasteiger partial charge in [-0.25, -0.2) is 0 Å². The van der Waals surface area contributed by atoms with Crippen LogP contribution in [-0.4, -0.2) is 15.6 Å². The fraction of sp³-hybridized carbons (Fsp3) is 0.400. The van der Waals surface area contributed by atoms with Crippen LogP contribution in [0, 0.1) is 26.1 Å². The second-order valence-electron chi connectivity index (χ2n) is 3.84. The van der Waals surface area contributed by atoms with E-state index in [-0.39, 0.29) is 16.3 Å². The van der Waals surface area contributed by atoms with Crippen LogP contribution in [0.4, 0.5) is 11.4 Å². The SMILES string of the molecule is CC(C)CSc1c([N+](=O)[O-])cccc1[N+](=O)[O-]. The van der Waals surface area contributed by atoms with E-state index < -0.39 is 9.85 Å². The average molecular weight is 256 g/mol. The van der Waals surface area contributed by atoms with E-state index in [0.717, 1.165) is 11.8 Å². The summed E-state index contributed by atoms with van der Waals surface area (Å²) in [5.74, 6) is 0.908. The third-order valence-electron chi connectivity index (χ3n) is 1.93. The van der Waals surface area contributed by atoms with Gasteiger partial charge < -0.3 is 0 Å². The first kappa shape index (κ1) is 13.4. The molecule has 92 valence electrons. The molecule has 0 aliphatic carbocycles. The molecule has 0 unspecified atom stereocenters. The van der Waals surface area contributed by atoms with Crippen molar-refractivity contribution in [2.75, 3.05) is 5.75 Å². The Morgan fingerprint density at radius 1 is 1.18 bits per heavy atom. The lowest BCUT2D eigenvalue weighted by Crippen LogP contribution is -1.99. The molecule has 0 aromatic heterocycles. The number of nitro benzene ring substituents is 2. The topological polar surface area (TPSA) is 86.3 Å². The van der Waals surface area contributed by atoms with E-state index in [9.17, 15) is 20.2 Å². The van der Waals surface area contributed by atoms with E-state index in [1.54, 1.807) is 0 Å². The summed E-state index contributed by atoms with van der Waals surface area (Å²) in [4.78, 5) is 20.6. The van der Waals surface area contributed by atoms with Crippen LogP contribution >= 0.6 is 11.8 Å². The van der Waals surface area contributed by atoms with Crippen molar-refractivity contribution >= 4 is 23.1 Å².